The second kappa shape index (κ2) is 6.93. The van der Waals surface area contributed by atoms with E-state index in [2.05, 4.69) is 25.4 Å². The van der Waals surface area contributed by atoms with Crippen LogP contribution >= 0.6 is 0 Å². The first-order valence-electron chi connectivity index (χ1n) is 6.91. The predicted octanol–water partition coefficient (Wildman–Crippen LogP) is 0.0725. The van der Waals surface area contributed by atoms with E-state index in [1.807, 2.05) is 6.07 Å². The van der Waals surface area contributed by atoms with Gasteiger partial charge in [-0.15, -0.1) is 0 Å². The van der Waals surface area contributed by atoms with Crippen molar-refractivity contribution in [2.45, 2.75) is 25.8 Å². The van der Waals surface area contributed by atoms with Crippen molar-refractivity contribution in [2.75, 3.05) is 20.1 Å². The summed E-state index contributed by atoms with van der Waals surface area (Å²) in [6.07, 6.45) is 4.29. The van der Waals surface area contributed by atoms with Gasteiger partial charge in [-0.2, -0.15) is 5.10 Å². The molecule has 0 aromatic carbocycles. The number of H-pyrrole nitrogens is 1. The highest BCUT2D eigenvalue weighted by Gasteiger charge is 2.23. The SMILES string of the molecule is CN=C(NCc1ccn[nH]1)N1CCCC(CC(N)=O)C1. The van der Waals surface area contributed by atoms with Crippen molar-refractivity contribution in [1.29, 1.82) is 0 Å². The molecule has 1 aromatic rings. The lowest BCUT2D eigenvalue weighted by molar-refractivity contribution is -0.119. The van der Waals surface area contributed by atoms with Crippen LogP contribution in [0.5, 0.6) is 0 Å². The van der Waals surface area contributed by atoms with Gasteiger partial charge in [0.15, 0.2) is 5.96 Å². The van der Waals surface area contributed by atoms with E-state index in [4.69, 9.17) is 5.73 Å². The number of carbonyl (C=O) groups is 1. The average molecular weight is 278 g/mol. The van der Waals surface area contributed by atoms with Crippen LogP contribution in [0.25, 0.3) is 0 Å². The van der Waals surface area contributed by atoms with E-state index >= 15 is 0 Å². The first-order valence-corrected chi connectivity index (χ1v) is 6.91. The standard InChI is InChI=1S/C13H22N6O/c1-15-13(16-8-11-4-5-17-18-11)19-6-2-3-10(9-19)7-12(14)20/h4-5,10H,2-3,6-9H2,1H3,(H2,14,20)(H,15,16)(H,17,18). The highest BCUT2D eigenvalue weighted by atomic mass is 16.1. The zero-order chi connectivity index (χ0) is 14.4. The molecule has 1 aliphatic heterocycles. The molecule has 110 valence electrons. The number of rotatable bonds is 4. The van der Waals surface area contributed by atoms with Crippen LogP contribution in [0.1, 0.15) is 25.0 Å². The molecule has 1 unspecified atom stereocenters. The molecule has 20 heavy (non-hydrogen) atoms. The molecule has 0 bridgehead atoms. The number of aromatic nitrogens is 2. The van der Waals surface area contributed by atoms with Crippen molar-refractivity contribution in [3.05, 3.63) is 18.0 Å². The molecule has 0 radical (unpaired) electrons. The van der Waals surface area contributed by atoms with Gasteiger partial charge in [0.05, 0.1) is 12.2 Å². The van der Waals surface area contributed by atoms with Gasteiger partial charge in [-0.25, -0.2) is 0 Å². The molecule has 7 nitrogen and oxygen atoms in total. The van der Waals surface area contributed by atoms with Crippen molar-refractivity contribution in [3.63, 3.8) is 0 Å². The quantitative estimate of drug-likeness (QED) is 0.536. The summed E-state index contributed by atoms with van der Waals surface area (Å²) in [5.74, 6) is 0.956. The molecule has 0 spiro atoms. The Morgan fingerprint density at radius 3 is 3.20 bits per heavy atom. The van der Waals surface area contributed by atoms with Crippen LogP contribution in [0, 0.1) is 5.92 Å². The molecule has 2 rings (SSSR count). The zero-order valence-electron chi connectivity index (χ0n) is 11.8. The van der Waals surface area contributed by atoms with Crippen molar-refractivity contribution in [2.24, 2.45) is 16.6 Å². The molecular weight excluding hydrogens is 256 g/mol. The van der Waals surface area contributed by atoms with Gasteiger partial charge in [0.25, 0.3) is 0 Å². The number of nitrogens with two attached hydrogens (primary N) is 1. The van der Waals surface area contributed by atoms with E-state index in [9.17, 15) is 4.79 Å². The number of aromatic amines is 1. The summed E-state index contributed by atoms with van der Waals surface area (Å²) in [7, 11) is 1.77. The highest BCUT2D eigenvalue weighted by Crippen LogP contribution is 2.19. The number of piperidine rings is 1. The first kappa shape index (κ1) is 14.4. The van der Waals surface area contributed by atoms with Crippen LogP contribution in [0.15, 0.2) is 17.3 Å². The van der Waals surface area contributed by atoms with Gasteiger partial charge in [-0.05, 0) is 24.8 Å². The molecular formula is C13H22N6O. The number of carbonyl (C=O) groups excluding carboxylic acids is 1. The number of nitrogens with zero attached hydrogens (tertiary/aromatic N) is 3. The fourth-order valence-electron chi connectivity index (χ4n) is 2.60. The Kier molecular flexibility index (Phi) is 4.97. The Morgan fingerprint density at radius 2 is 2.55 bits per heavy atom. The predicted molar refractivity (Wildman–Crippen MR) is 76.9 cm³/mol. The molecule has 1 atom stereocenters. The molecule has 1 aromatic heterocycles. The van der Waals surface area contributed by atoms with Crippen LogP contribution in [-0.2, 0) is 11.3 Å². The van der Waals surface area contributed by atoms with E-state index in [0.717, 1.165) is 37.6 Å². The number of primary amides is 1. The van der Waals surface area contributed by atoms with Crippen LogP contribution in [0.3, 0.4) is 0 Å². The van der Waals surface area contributed by atoms with Gasteiger partial charge in [-0.3, -0.25) is 14.9 Å². The fourth-order valence-corrected chi connectivity index (χ4v) is 2.60. The van der Waals surface area contributed by atoms with Crippen molar-refractivity contribution >= 4 is 11.9 Å². The maximum absolute atomic E-state index is 11.0. The summed E-state index contributed by atoms with van der Waals surface area (Å²) < 4.78 is 0. The minimum atomic E-state index is -0.225. The number of likely N-dealkylation sites (tertiary alicyclic amines) is 1. The maximum atomic E-state index is 11.0. The van der Waals surface area contributed by atoms with Crippen LogP contribution in [-0.4, -0.2) is 47.1 Å². The minimum absolute atomic E-state index is 0.225. The molecule has 1 amide bonds. The molecule has 2 heterocycles. The van der Waals surface area contributed by atoms with Gasteiger partial charge >= 0.3 is 0 Å². The average Bonchev–Trinajstić information content (AvgIpc) is 2.92. The fraction of sp³-hybridized carbons (Fsp3) is 0.615. The third kappa shape index (κ3) is 3.97. The Morgan fingerprint density at radius 1 is 1.70 bits per heavy atom. The zero-order valence-corrected chi connectivity index (χ0v) is 11.8. The lowest BCUT2D eigenvalue weighted by atomic mass is 9.95. The second-order valence-electron chi connectivity index (χ2n) is 5.11. The topological polar surface area (TPSA) is 99.4 Å². The smallest absolute Gasteiger partial charge is 0.217 e. The summed E-state index contributed by atoms with van der Waals surface area (Å²) in [4.78, 5) is 17.5. The van der Waals surface area contributed by atoms with Gasteiger partial charge in [0, 0.05) is 32.8 Å². The highest BCUT2D eigenvalue weighted by molar-refractivity contribution is 5.80. The lowest BCUT2D eigenvalue weighted by Crippen LogP contribution is -2.46. The molecule has 1 fully saturated rings. The Labute approximate surface area is 118 Å². The number of nitrogens with one attached hydrogen (secondary N) is 2. The Balaban J connectivity index is 1.88. The molecule has 1 saturated heterocycles. The van der Waals surface area contributed by atoms with Crippen molar-refractivity contribution < 1.29 is 4.79 Å². The largest absolute Gasteiger partial charge is 0.370 e. The summed E-state index contributed by atoms with van der Waals surface area (Å²) in [5, 5.41) is 10.1. The third-order valence-corrected chi connectivity index (χ3v) is 3.52. The molecule has 0 saturated carbocycles. The summed E-state index contributed by atoms with van der Waals surface area (Å²) >= 11 is 0. The molecule has 4 N–H and O–H groups in total. The summed E-state index contributed by atoms with van der Waals surface area (Å²) in [6, 6.07) is 1.92. The number of hydrogen-bond donors (Lipinski definition) is 3. The maximum Gasteiger partial charge on any atom is 0.217 e. The lowest BCUT2D eigenvalue weighted by Gasteiger charge is -2.34. The van der Waals surface area contributed by atoms with Gasteiger partial charge in [0.2, 0.25) is 5.91 Å². The second-order valence-corrected chi connectivity index (χ2v) is 5.11. The number of hydrogen-bond acceptors (Lipinski definition) is 3. The Hall–Kier alpha value is -2.05. The first-order chi connectivity index (χ1) is 9.69. The van der Waals surface area contributed by atoms with E-state index < -0.39 is 0 Å². The molecule has 0 aliphatic carbocycles. The molecule has 7 heteroatoms. The van der Waals surface area contributed by atoms with E-state index in [0.29, 0.717) is 18.9 Å². The van der Waals surface area contributed by atoms with E-state index in [-0.39, 0.29) is 5.91 Å². The van der Waals surface area contributed by atoms with Crippen LogP contribution in [0.2, 0.25) is 0 Å². The van der Waals surface area contributed by atoms with Gasteiger partial charge in [-0.1, -0.05) is 0 Å². The normalized spacial score (nSPS) is 19.9. The van der Waals surface area contributed by atoms with E-state index in [1.54, 1.807) is 13.2 Å². The van der Waals surface area contributed by atoms with E-state index in [1.165, 1.54) is 0 Å². The van der Waals surface area contributed by atoms with Crippen LogP contribution in [0.4, 0.5) is 0 Å². The van der Waals surface area contributed by atoms with Gasteiger partial charge in [0.1, 0.15) is 0 Å². The number of aliphatic imine (C=N–C) groups is 1. The van der Waals surface area contributed by atoms with Gasteiger partial charge < -0.3 is 16.0 Å². The summed E-state index contributed by atoms with van der Waals surface area (Å²) in [5.41, 5.74) is 6.30. The molecule has 1 aliphatic rings. The monoisotopic (exact) mass is 278 g/mol. The van der Waals surface area contributed by atoms with Crippen molar-refractivity contribution in [3.8, 4) is 0 Å². The van der Waals surface area contributed by atoms with Crippen LogP contribution < -0.4 is 11.1 Å². The summed E-state index contributed by atoms with van der Waals surface area (Å²) in [6.45, 7) is 2.44. The number of amides is 1. The third-order valence-electron chi connectivity index (χ3n) is 3.52. The van der Waals surface area contributed by atoms with Crippen molar-refractivity contribution in [1.82, 2.24) is 20.4 Å². The number of guanidine groups is 1. The Bertz CT molecular complexity index is 455. The minimum Gasteiger partial charge on any atom is -0.370 e.